The molecular weight excluding hydrogens is 330 g/mol. The Morgan fingerprint density at radius 1 is 1.38 bits per heavy atom. The first kappa shape index (κ1) is 15.1. The lowest BCUT2D eigenvalue weighted by Gasteiger charge is -2.25. The SMILES string of the molecule is C[C@H](O)[C@@]12C[C@@H]1[C@@H](n1ccc3c(Cl)ncnc31)[C@@H]1OC(C)(C)O[C@@H]12. The fourth-order valence-electron chi connectivity index (χ4n) is 5.02. The molecule has 0 unspecified atom stereocenters. The molecule has 6 atom stereocenters. The molecule has 128 valence electrons. The monoisotopic (exact) mass is 349 g/mol. The van der Waals surface area contributed by atoms with Crippen LogP contribution in [0.3, 0.4) is 0 Å². The van der Waals surface area contributed by atoms with Crippen molar-refractivity contribution in [2.24, 2.45) is 11.3 Å². The summed E-state index contributed by atoms with van der Waals surface area (Å²) in [7, 11) is 0. The van der Waals surface area contributed by atoms with Crippen molar-refractivity contribution in [2.45, 2.75) is 57.3 Å². The van der Waals surface area contributed by atoms with Crippen LogP contribution in [0.25, 0.3) is 11.0 Å². The van der Waals surface area contributed by atoms with Crippen molar-refractivity contribution in [2.75, 3.05) is 0 Å². The molecule has 2 saturated carbocycles. The van der Waals surface area contributed by atoms with Crippen molar-refractivity contribution < 1.29 is 14.6 Å². The minimum atomic E-state index is -0.640. The van der Waals surface area contributed by atoms with E-state index in [1.54, 1.807) is 0 Å². The van der Waals surface area contributed by atoms with Crippen LogP contribution in [0.4, 0.5) is 0 Å². The molecule has 3 fully saturated rings. The topological polar surface area (TPSA) is 69.4 Å². The first-order valence-corrected chi connectivity index (χ1v) is 8.74. The van der Waals surface area contributed by atoms with Gasteiger partial charge in [-0.1, -0.05) is 11.6 Å². The molecule has 3 aliphatic rings. The van der Waals surface area contributed by atoms with Crippen LogP contribution in [0.2, 0.25) is 5.15 Å². The molecule has 0 aromatic carbocycles. The van der Waals surface area contributed by atoms with Crippen molar-refractivity contribution in [3.05, 3.63) is 23.7 Å². The molecule has 7 heteroatoms. The number of hydrogen-bond acceptors (Lipinski definition) is 5. The predicted octanol–water partition coefficient (Wildman–Crippen LogP) is 2.55. The van der Waals surface area contributed by atoms with Crippen molar-refractivity contribution in [1.29, 1.82) is 0 Å². The van der Waals surface area contributed by atoms with Gasteiger partial charge in [-0.05, 0) is 39.2 Å². The molecule has 5 rings (SSSR count). The Morgan fingerprint density at radius 2 is 2.17 bits per heavy atom. The van der Waals surface area contributed by atoms with Gasteiger partial charge in [-0.15, -0.1) is 0 Å². The quantitative estimate of drug-likeness (QED) is 0.844. The maximum Gasteiger partial charge on any atom is 0.163 e. The van der Waals surface area contributed by atoms with Gasteiger partial charge >= 0.3 is 0 Å². The number of rotatable bonds is 2. The molecule has 2 aromatic rings. The second-order valence-corrected chi connectivity index (χ2v) is 8.09. The molecule has 0 amide bonds. The Morgan fingerprint density at radius 3 is 2.92 bits per heavy atom. The van der Waals surface area contributed by atoms with Crippen molar-refractivity contribution in [1.82, 2.24) is 14.5 Å². The van der Waals surface area contributed by atoms with E-state index in [9.17, 15) is 5.11 Å². The highest BCUT2D eigenvalue weighted by Crippen LogP contribution is 2.73. The van der Waals surface area contributed by atoms with Gasteiger partial charge < -0.3 is 19.1 Å². The number of halogens is 1. The summed E-state index contributed by atoms with van der Waals surface area (Å²) in [5, 5.41) is 11.7. The minimum absolute atomic E-state index is 0.0786. The third-order valence-electron chi connectivity index (χ3n) is 6.07. The normalized spacial score (nSPS) is 40.5. The van der Waals surface area contributed by atoms with Gasteiger partial charge in [0.05, 0.1) is 23.6 Å². The summed E-state index contributed by atoms with van der Waals surface area (Å²) in [5.41, 5.74) is 0.580. The Balaban J connectivity index is 1.64. The molecule has 0 radical (unpaired) electrons. The van der Waals surface area contributed by atoms with Crippen molar-refractivity contribution in [3.63, 3.8) is 0 Å². The minimum Gasteiger partial charge on any atom is -0.393 e. The molecule has 24 heavy (non-hydrogen) atoms. The highest BCUT2D eigenvalue weighted by atomic mass is 35.5. The summed E-state index contributed by atoms with van der Waals surface area (Å²) in [6.45, 7) is 5.73. The van der Waals surface area contributed by atoms with E-state index in [1.807, 2.05) is 33.0 Å². The van der Waals surface area contributed by atoms with E-state index in [0.29, 0.717) is 11.1 Å². The summed E-state index contributed by atoms with van der Waals surface area (Å²) in [4.78, 5) is 8.48. The number of aliphatic hydroxyl groups is 1. The van der Waals surface area contributed by atoms with Gasteiger partial charge in [0, 0.05) is 11.6 Å². The molecule has 2 aromatic heterocycles. The van der Waals surface area contributed by atoms with Crippen LogP contribution in [0.5, 0.6) is 0 Å². The smallest absolute Gasteiger partial charge is 0.163 e. The summed E-state index contributed by atoms with van der Waals surface area (Å²) in [5.74, 6) is -0.327. The average molecular weight is 350 g/mol. The fraction of sp³-hybridized carbons (Fsp3) is 0.647. The van der Waals surface area contributed by atoms with Crippen LogP contribution in [0.15, 0.2) is 18.6 Å². The zero-order valence-electron chi connectivity index (χ0n) is 13.8. The summed E-state index contributed by atoms with van der Waals surface area (Å²) in [6.07, 6.45) is 3.79. The largest absolute Gasteiger partial charge is 0.393 e. The van der Waals surface area contributed by atoms with E-state index in [2.05, 4.69) is 14.5 Å². The molecule has 3 heterocycles. The van der Waals surface area contributed by atoms with Crippen LogP contribution < -0.4 is 0 Å². The first-order chi connectivity index (χ1) is 11.3. The lowest BCUT2D eigenvalue weighted by Crippen LogP contribution is -2.36. The molecule has 1 saturated heterocycles. The van der Waals surface area contributed by atoms with Crippen molar-refractivity contribution in [3.8, 4) is 0 Å². The zero-order valence-corrected chi connectivity index (χ0v) is 14.6. The van der Waals surface area contributed by atoms with Crippen LogP contribution in [0.1, 0.15) is 33.2 Å². The number of fused-ring (bicyclic) bond motifs is 4. The fourth-order valence-corrected chi connectivity index (χ4v) is 5.21. The molecule has 6 nitrogen and oxygen atoms in total. The number of ether oxygens (including phenoxy) is 2. The van der Waals surface area contributed by atoms with Crippen LogP contribution in [-0.4, -0.2) is 43.7 Å². The number of nitrogens with zero attached hydrogens (tertiary/aromatic N) is 3. The van der Waals surface area contributed by atoms with E-state index >= 15 is 0 Å². The number of aromatic nitrogens is 3. The third-order valence-corrected chi connectivity index (χ3v) is 6.37. The summed E-state index contributed by atoms with van der Waals surface area (Å²) < 4.78 is 14.6. The van der Waals surface area contributed by atoms with Crippen LogP contribution in [-0.2, 0) is 9.47 Å². The Kier molecular flexibility index (Phi) is 2.82. The van der Waals surface area contributed by atoms with Gasteiger partial charge in [-0.25, -0.2) is 9.97 Å². The highest BCUT2D eigenvalue weighted by Gasteiger charge is 2.77. The summed E-state index contributed by atoms with van der Waals surface area (Å²) in [6, 6.07) is 2.02. The van der Waals surface area contributed by atoms with Gasteiger partial charge in [-0.3, -0.25) is 0 Å². The maximum atomic E-state index is 10.5. The van der Waals surface area contributed by atoms with Gasteiger partial charge in [0.15, 0.2) is 5.79 Å². The first-order valence-electron chi connectivity index (χ1n) is 8.36. The maximum absolute atomic E-state index is 10.5. The van der Waals surface area contributed by atoms with E-state index in [-0.39, 0.29) is 23.7 Å². The molecular formula is C17H20ClN3O3. The van der Waals surface area contributed by atoms with Crippen LogP contribution in [0, 0.1) is 11.3 Å². The Labute approximate surface area is 144 Å². The van der Waals surface area contributed by atoms with Crippen LogP contribution >= 0.6 is 11.6 Å². The third kappa shape index (κ3) is 1.72. The Hall–Kier alpha value is -1.21. The van der Waals surface area contributed by atoms with Gasteiger partial charge in [0.1, 0.15) is 23.2 Å². The highest BCUT2D eigenvalue weighted by molar-refractivity contribution is 6.33. The van der Waals surface area contributed by atoms with Gasteiger partial charge in [0.25, 0.3) is 0 Å². The zero-order chi connectivity index (χ0) is 16.9. The van der Waals surface area contributed by atoms with Crippen molar-refractivity contribution >= 4 is 22.6 Å². The molecule has 0 spiro atoms. The van der Waals surface area contributed by atoms with E-state index < -0.39 is 11.9 Å². The molecule has 1 aliphatic heterocycles. The lowest BCUT2D eigenvalue weighted by molar-refractivity contribution is -0.166. The summed E-state index contributed by atoms with van der Waals surface area (Å²) >= 11 is 6.20. The van der Waals surface area contributed by atoms with E-state index in [1.165, 1.54) is 6.33 Å². The molecule has 0 bridgehead atoms. The lowest BCUT2D eigenvalue weighted by atomic mass is 9.93. The van der Waals surface area contributed by atoms with Gasteiger partial charge in [-0.2, -0.15) is 0 Å². The van der Waals surface area contributed by atoms with E-state index in [4.69, 9.17) is 21.1 Å². The van der Waals surface area contributed by atoms with Gasteiger partial charge in [0.2, 0.25) is 0 Å². The predicted molar refractivity (Wildman–Crippen MR) is 87.6 cm³/mol. The van der Waals surface area contributed by atoms with E-state index in [0.717, 1.165) is 17.5 Å². The standard InChI is InChI=1S/C17H20ClN3O3/c1-8(22)17-6-10(17)11(12-13(17)24-16(2,3)23-12)21-5-4-9-14(18)19-7-20-15(9)21/h4-5,7-8,10-13,22H,6H2,1-3H3/t8-,10+,11+,12-,13-,17-/m0/s1. The average Bonchev–Trinajstić information content (AvgIpc) is 2.81. The molecule has 1 N–H and O–H groups in total. The Bertz CT molecular complexity index is 836. The number of hydrogen-bond donors (Lipinski definition) is 1. The second-order valence-electron chi connectivity index (χ2n) is 7.74. The number of aliphatic hydroxyl groups excluding tert-OH is 1. The molecule has 2 aliphatic carbocycles. The second kappa shape index (κ2) is 4.49.